The van der Waals surface area contributed by atoms with E-state index in [1.165, 1.54) is 0 Å². The molecule has 0 aliphatic carbocycles. The van der Waals surface area contributed by atoms with Crippen molar-refractivity contribution in [3.05, 3.63) is 94.8 Å². The van der Waals surface area contributed by atoms with Crippen molar-refractivity contribution in [1.29, 1.82) is 0 Å². The van der Waals surface area contributed by atoms with Crippen LogP contribution in [0, 0.1) is 0 Å². The first kappa shape index (κ1) is 16.0. The average molecular weight is 343 g/mol. The van der Waals surface area contributed by atoms with Crippen LogP contribution in [0.15, 0.2) is 83.7 Å². The van der Waals surface area contributed by atoms with Crippen LogP contribution in [0.25, 0.3) is 22.0 Å². The number of aromatic amines is 1. The van der Waals surface area contributed by atoms with E-state index < -0.39 is 0 Å². The maximum atomic E-state index is 12.6. The lowest BCUT2D eigenvalue weighted by Crippen LogP contribution is -2.10. The quantitative estimate of drug-likeness (QED) is 0.574. The molecule has 4 aromatic rings. The Morgan fingerprint density at radius 2 is 1.54 bits per heavy atom. The van der Waals surface area contributed by atoms with Gasteiger partial charge in [-0.3, -0.25) is 4.79 Å². The van der Waals surface area contributed by atoms with Crippen molar-refractivity contribution in [2.75, 3.05) is 0 Å². The van der Waals surface area contributed by atoms with Crippen molar-refractivity contribution in [2.45, 2.75) is 6.61 Å². The van der Waals surface area contributed by atoms with E-state index in [-0.39, 0.29) is 16.9 Å². The van der Waals surface area contributed by atoms with Crippen LogP contribution in [0.2, 0.25) is 0 Å². The number of ether oxygens (including phenoxy) is 1. The summed E-state index contributed by atoms with van der Waals surface area (Å²) in [6, 6.07) is 24.3. The zero-order valence-corrected chi connectivity index (χ0v) is 14.0. The molecule has 0 saturated heterocycles. The molecular formula is C22H17NO3. The van der Waals surface area contributed by atoms with Gasteiger partial charge in [-0.05, 0) is 23.3 Å². The first-order valence-corrected chi connectivity index (χ1v) is 8.34. The number of aromatic nitrogens is 1. The molecule has 0 radical (unpaired) electrons. The van der Waals surface area contributed by atoms with Gasteiger partial charge in [-0.1, -0.05) is 66.7 Å². The van der Waals surface area contributed by atoms with Gasteiger partial charge in [-0.2, -0.15) is 0 Å². The van der Waals surface area contributed by atoms with Crippen molar-refractivity contribution in [3.63, 3.8) is 0 Å². The molecule has 0 unspecified atom stereocenters. The standard InChI is InChI=1S/C22H17NO3/c24-21-17-12-7-13-18(26-14-15-8-3-1-4-9-15)20(17)23-22(25)19(21)16-10-5-2-6-11-16/h1-13H,14H2,(H2,23,24,25). The number of benzene rings is 3. The van der Waals surface area contributed by atoms with Crippen LogP contribution < -0.4 is 10.3 Å². The minimum Gasteiger partial charge on any atom is -0.506 e. The fourth-order valence-electron chi connectivity index (χ4n) is 3.00. The van der Waals surface area contributed by atoms with Gasteiger partial charge in [-0.25, -0.2) is 0 Å². The number of hydrogen-bond acceptors (Lipinski definition) is 3. The van der Waals surface area contributed by atoms with E-state index in [1.54, 1.807) is 30.3 Å². The van der Waals surface area contributed by atoms with Crippen LogP contribution in [-0.2, 0) is 6.61 Å². The number of aromatic hydroxyl groups is 1. The second-order valence-corrected chi connectivity index (χ2v) is 6.00. The molecule has 0 atom stereocenters. The van der Waals surface area contributed by atoms with Crippen LogP contribution in [0.5, 0.6) is 11.5 Å². The van der Waals surface area contributed by atoms with Crippen LogP contribution in [0.1, 0.15) is 5.56 Å². The highest BCUT2D eigenvalue weighted by Crippen LogP contribution is 2.35. The van der Waals surface area contributed by atoms with Crippen molar-refractivity contribution < 1.29 is 9.84 Å². The number of rotatable bonds is 4. The molecule has 128 valence electrons. The van der Waals surface area contributed by atoms with Crippen molar-refractivity contribution in [2.24, 2.45) is 0 Å². The molecule has 0 amide bonds. The molecule has 0 fully saturated rings. The zero-order valence-electron chi connectivity index (χ0n) is 14.0. The molecule has 0 bridgehead atoms. The topological polar surface area (TPSA) is 62.3 Å². The Morgan fingerprint density at radius 3 is 2.27 bits per heavy atom. The third-order valence-electron chi connectivity index (χ3n) is 4.28. The van der Waals surface area contributed by atoms with Gasteiger partial charge in [0.15, 0.2) is 0 Å². The summed E-state index contributed by atoms with van der Waals surface area (Å²) in [5.74, 6) is 0.485. The van der Waals surface area contributed by atoms with Gasteiger partial charge in [0.05, 0.1) is 11.1 Å². The maximum Gasteiger partial charge on any atom is 0.260 e. The largest absolute Gasteiger partial charge is 0.506 e. The SMILES string of the molecule is O=c1[nH]c2c(OCc3ccccc3)cccc2c(O)c1-c1ccccc1. The maximum absolute atomic E-state index is 12.6. The number of para-hydroxylation sites is 1. The summed E-state index contributed by atoms with van der Waals surface area (Å²) in [6.45, 7) is 0.378. The lowest BCUT2D eigenvalue weighted by molar-refractivity contribution is 0.309. The van der Waals surface area contributed by atoms with Gasteiger partial charge in [0.2, 0.25) is 0 Å². The lowest BCUT2D eigenvalue weighted by Gasteiger charge is -2.12. The molecule has 4 nitrogen and oxygen atoms in total. The van der Waals surface area contributed by atoms with Gasteiger partial charge in [0.25, 0.3) is 5.56 Å². The van der Waals surface area contributed by atoms with E-state index in [1.807, 2.05) is 48.5 Å². The van der Waals surface area contributed by atoms with E-state index in [9.17, 15) is 9.90 Å². The van der Waals surface area contributed by atoms with Gasteiger partial charge in [0, 0.05) is 5.39 Å². The van der Waals surface area contributed by atoms with Crippen LogP contribution >= 0.6 is 0 Å². The number of nitrogens with one attached hydrogen (secondary N) is 1. The predicted molar refractivity (Wildman–Crippen MR) is 102 cm³/mol. The predicted octanol–water partition coefficient (Wildman–Crippen LogP) is 4.48. The zero-order chi connectivity index (χ0) is 17.9. The van der Waals surface area contributed by atoms with Crippen molar-refractivity contribution >= 4 is 10.9 Å². The molecule has 3 aromatic carbocycles. The Morgan fingerprint density at radius 1 is 0.846 bits per heavy atom. The number of fused-ring (bicyclic) bond motifs is 1. The number of hydrogen-bond donors (Lipinski definition) is 2. The first-order chi connectivity index (χ1) is 12.7. The summed E-state index contributed by atoms with van der Waals surface area (Å²) in [5, 5.41) is 11.3. The molecule has 1 aromatic heterocycles. The molecule has 26 heavy (non-hydrogen) atoms. The fraction of sp³-hybridized carbons (Fsp3) is 0.0455. The van der Waals surface area contributed by atoms with Crippen LogP contribution in [0.3, 0.4) is 0 Å². The van der Waals surface area contributed by atoms with E-state index in [0.717, 1.165) is 5.56 Å². The average Bonchev–Trinajstić information content (AvgIpc) is 2.68. The highest BCUT2D eigenvalue weighted by molar-refractivity contribution is 5.94. The first-order valence-electron chi connectivity index (χ1n) is 8.34. The monoisotopic (exact) mass is 343 g/mol. The summed E-state index contributed by atoms with van der Waals surface area (Å²) in [7, 11) is 0. The summed E-state index contributed by atoms with van der Waals surface area (Å²) in [4.78, 5) is 15.5. The third kappa shape index (κ3) is 2.93. The molecule has 0 spiro atoms. The Hall–Kier alpha value is -3.53. The molecule has 2 N–H and O–H groups in total. The van der Waals surface area contributed by atoms with Crippen molar-refractivity contribution in [3.8, 4) is 22.6 Å². The van der Waals surface area contributed by atoms with Crippen molar-refractivity contribution in [1.82, 2.24) is 4.98 Å². The normalized spacial score (nSPS) is 10.8. The smallest absolute Gasteiger partial charge is 0.260 e. The summed E-state index contributed by atoms with van der Waals surface area (Å²) in [6.07, 6.45) is 0. The van der Waals surface area contributed by atoms with E-state index in [4.69, 9.17) is 4.74 Å². The van der Waals surface area contributed by atoms with Gasteiger partial charge in [0.1, 0.15) is 18.1 Å². The van der Waals surface area contributed by atoms with Gasteiger partial charge >= 0.3 is 0 Å². The van der Waals surface area contributed by atoms with Gasteiger partial charge < -0.3 is 14.8 Å². The Labute approximate surface area is 150 Å². The van der Waals surface area contributed by atoms with Gasteiger partial charge in [-0.15, -0.1) is 0 Å². The van der Waals surface area contributed by atoms with E-state index >= 15 is 0 Å². The third-order valence-corrected chi connectivity index (χ3v) is 4.28. The second-order valence-electron chi connectivity index (χ2n) is 6.00. The second kappa shape index (κ2) is 6.76. The molecule has 0 aliphatic heterocycles. The van der Waals surface area contributed by atoms with E-state index in [0.29, 0.717) is 28.8 Å². The lowest BCUT2D eigenvalue weighted by atomic mass is 10.0. The summed E-state index contributed by atoms with van der Waals surface area (Å²) >= 11 is 0. The Kier molecular flexibility index (Phi) is 4.15. The Bertz CT molecular complexity index is 1100. The molecule has 0 saturated carbocycles. The minimum absolute atomic E-state index is 0.0416. The molecule has 0 aliphatic rings. The minimum atomic E-state index is -0.350. The number of H-pyrrole nitrogens is 1. The van der Waals surface area contributed by atoms with Crippen LogP contribution in [0.4, 0.5) is 0 Å². The Balaban J connectivity index is 1.79. The molecule has 1 heterocycles. The highest BCUT2D eigenvalue weighted by Gasteiger charge is 2.15. The summed E-state index contributed by atoms with van der Waals surface area (Å²) in [5.41, 5.74) is 2.10. The fourth-order valence-corrected chi connectivity index (χ4v) is 3.00. The molecule has 4 heteroatoms. The number of pyridine rings is 1. The van der Waals surface area contributed by atoms with E-state index in [2.05, 4.69) is 4.98 Å². The van der Waals surface area contributed by atoms with Crippen LogP contribution in [-0.4, -0.2) is 10.1 Å². The summed E-state index contributed by atoms with van der Waals surface area (Å²) < 4.78 is 5.88. The highest BCUT2D eigenvalue weighted by atomic mass is 16.5. The molecule has 4 rings (SSSR count). The molecular weight excluding hydrogens is 326 g/mol.